The molecule has 0 unspecified atom stereocenters. The molecule has 0 aliphatic heterocycles. The molecule has 0 saturated heterocycles. The highest BCUT2D eigenvalue weighted by Gasteiger charge is 2.24. The summed E-state index contributed by atoms with van der Waals surface area (Å²) in [6.45, 7) is -1.08. The lowest BCUT2D eigenvalue weighted by molar-refractivity contribution is -0.0512. The van der Waals surface area contributed by atoms with Gasteiger partial charge in [-0.3, -0.25) is 0 Å². The highest BCUT2D eigenvalue weighted by atomic mass is 79.9. The molecule has 0 bridgehead atoms. The summed E-state index contributed by atoms with van der Waals surface area (Å²) in [5, 5.41) is 0. The SMILES string of the molecule is COc1cc(CN(C)S(=O)(=O)c2ccc(C)cc2Br)ccc1OC(F)F. The lowest BCUT2D eigenvalue weighted by Crippen LogP contribution is -2.26. The molecule has 2 aromatic rings. The zero-order valence-corrected chi connectivity index (χ0v) is 16.8. The molecule has 0 N–H and O–H groups in total. The average Bonchev–Trinajstić information content (AvgIpc) is 2.55. The summed E-state index contributed by atoms with van der Waals surface area (Å²) >= 11 is 3.28. The lowest BCUT2D eigenvalue weighted by atomic mass is 10.2. The van der Waals surface area contributed by atoms with E-state index in [1.807, 2.05) is 6.92 Å². The summed E-state index contributed by atoms with van der Waals surface area (Å²) in [4.78, 5) is 0.148. The van der Waals surface area contributed by atoms with E-state index in [0.29, 0.717) is 10.0 Å². The van der Waals surface area contributed by atoms with Crippen LogP contribution in [-0.4, -0.2) is 33.5 Å². The second kappa shape index (κ2) is 8.32. The fraction of sp³-hybridized carbons (Fsp3) is 0.294. The molecular formula is C17H18BrF2NO4S. The highest BCUT2D eigenvalue weighted by Crippen LogP contribution is 2.31. The Morgan fingerprint density at radius 1 is 1.15 bits per heavy atom. The van der Waals surface area contributed by atoms with Gasteiger partial charge in [-0.2, -0.15) is 13.1 Å². The quantitative estimate of drug-likeness (QED) is 0.635. The van der Waals surface area contributed by atoms with Gasteiger partial charge in [-0.25, -0.2) is 8.42 Å². The minimum absolute atomic E-state index is 0.0357. The Bertz CT molecular complexity index is 890. The largest absolute Gasteiger partial charge is 0.493 e. The average molecular weight is 450 g/mol. The fourth-order valence-electron chi connectivity index (χ4n) is 2.33. The van der Waals surface area contributed by atoms with Crippen molar-refractivity contribution in [1.82, 2.24) is 4.31 Å². The zero-order valence-electron chi connectivity index (χ0n) is 14.4. The minimum atomic E-state index is -3.74. The summed E-state index contributed by atoms with van der Waals surface area (Å²) < 4.78 is 61.4. The summed E-state index contributed by atoms with van der Waals surface area (Å²) in [5.74, 6) is -0.0110. The first-order chi connectivity index (χ1) is 12.1. The molecule has 0 radical (unpaired) electrons. The van der Waals surface area contributed by atoms with E-state index in [1.165, 1.54) is 42.7 Å². The van der Waals surface area contributed by atoms with Crippen molar-refractivity contribution in [2.24, 2.45) is 0 Å². The highest BCUT2D eigenvalue weighted by molar-refractivity contribution is 9.10. The number of hydrogen-bond donors (Lipinski definition) is 0. The van der Waals surface area contributed by atoms with Gasteiger partial charge >= 0.3 is 6.61 Å². The van der Waals surface area contributed by atoms with Gasteiger partial charge in [0.25, 0.3) is 0 Å². The van der Waals surface area contributed by atoms with Gasteiger partial charge in [0.05, 0.1) is 12.0 Å². The number of aryl methyl sites for hydroxylation is 1. The molecule has 0 saturated carbocycles. The maximum absolute atomic E-state index is 12.8. The normalized spacial score (nSPS) is 11.8. The van der Waals surface area contributed by atoms with E-state index in [2.05, 4.69) is 20.7 Å². The molecule has 0 aliphatic carbocycles. The molecule has 142 valence electrons. The van der Waals surface area contributed by atoms with Crippen molar-refractivity contribution in [3.8, 4) is 11.5 Å². The van der Waals surface area contributed by atoms with Crippen LogP contribution < -0.4 is 9.47 Å². The monoisotopic (exact) mass is 449 g/mol. The first kappa shape index (κ1) is 20.6. The maximum atomic E-state index is 12.8. The van der Waals surface area contributed by atoms with Crippen LogP contribution in [-0.2, 0) is 16.6 Å². The van der Waals surface area contributed by atoms with Crippen molar-refractivity contribution in [3.05, 3.63) is 52.0 Å². The summed E-state index contributed by atoms with van der Waals surface area (Å²) in [6.07, 6.45) is 0. The van der Waals surface area contributed by atoms with Crippen LogP contribution >= 0.6 is 15.9 Å². The van der Waals surface area contributed by atoms with Gasteiger partial charge < -0.3 is 9.47 Å². The van der Waals surface area contributed by atoms with Crippen LogP contribution in [0.5, 0.6) is 11.5 Å². The number of benzene rings is 2. The Balaban J connectivity index is 2.27. The van der Waals surface area contributed by atoms with Crippen molar-refractivity contribution in [1.29, 1.82) is 0 Å². The zero-order chi connectivity index (χ0) is 19.5. The number of halogens is 3. The lowest BCUT2D eigenvalue weighted by Gasteiger charge is -2.19. The van der Waals surface area contributed by atoms with Crippen LogP contribution in [0.1, 0.15) is 11.1 Å². The van der Waals surface area contributed by atoms with E-state index < -0.39 is 16.6 Å². The third-order valence-corrected chi connectivity index (χ3v) is 6.41. The van der Waals surface area contributed by atoms with E-state index in [0.717, 1.165) is 5.56 Å². The predicted molar refractivity (Wildman–Crippen MR) is 97.2 cm³/mol. The molecular weight excluding hydrogens is 432 g/mol. The first-order valence-corrected chi connectivity index (χ1v) is 9.72. The molecule has 0 aromatic heterocycles. The van der Waals surface area contributed by atoms with E-state index in [4.69, 9.17) is 4.74 Å². The Labute approximate surface area is 159 Å². The Kier molecular flexibility index (Phi) is 6.59. The van der Waals surface area contributed by atoms with Gasteiger partial charge in [0.15, 0.2) is 11.5 Å². The molecule has 5 nitrogen and oxygen atoms in total. The molecule has 0 aliphatic rings. The van der Waals surface area contributed by atoms with Crippen LogP contribution in [0, 0.1) is 6.92 Å². The fourth-order valence-corrected chi connectivity index (χ4v) is 4.64. The van der Waals surface area contributed by atoms with Crippen molar-refractivity contribution in [2.45, 2.75) is 25.0 Å². The summed E-state index contributed by atoms with van der Waals surface area (Å²) in [5.41, 5.74) is 1.50. The molecule has 9 heteroatoms. The standard InChI is InChI=1S/C17H18BrF2NO4S/c1-11-4-7-16(13(18)8-11)26(22,23)21(2)10-12-5-6-14(25-17(19)20)15(9-12)24-3/h4-9,17H,10H2,1-3H3. The third-order valence-electron chi connectivity index (χ3n) is 3.62. The number of ether oxygens (including phenoxy) is 2. The number of alkyl halides is 2. The summed E-state index contributed by atoms with van der Waals surface area (Å²) in [7, 11) is -0.976. The summed E-state index contributed by atoms with van der Waals surface area (Å²) in [6, 6.07) is 9.27. The number of hydrogen-bond acceptors (Lipinski definition) is 4. The van der Waals surface area contributed by atoms with E-state index >= 15 is 0 Å². The van der Waals surface area contributed by atoms with Crippen molar-refractivity contribution in [3.63, 3.8) is 0 Å². The van der Waals surface area contributed by atoms with E-state index in [1.54, 1.807) is 12.1 Å². The van der Waals surface area contributed by atoms with Gasteiger partial charge in [0.1, 0.15) is 0 Å². The maximum Gasteiger partial charge on any atom is 0.387 e. The van der Waals surface area contributed by atoms with Gasteiger partial charge in [0.2, 0.25) is 10.0 Å². The van der Waals surface area contributed by atoms with E-state index in [9.17, 15) is 17.2 Å². The van der Waals surface area contributed by atoms with Crippen LogP contribution in [0.4, 0.5) is 8.78 Å². The predicted octanol–water partition coefficient (Wildman–Crippen LogP) is 4.19. The molecule has 2 aromatic carbocycles. The molecule has 0 amide bonds. The number of sulfonamides is 1. The second-order valence-electron chi connectivity index (χ2n) is 5.56. The van der Waals surface area contributed by atoms with Crippen LogP contribution in [0.25, 0.3) is 0 Å². The minimum Gasteiger partial charge on any atom is -0.493 e. The Morgan fingerprint density at radius 2 is 1.85 bits per heavy atom. The number of rotatable bonds is 7. The van der Waals surface area contributed by atoms with Crippen molar-refractivity contribution in [2.75, 3.05) is 14.2 Å². The van der Waals surface area contributed by atoms with Gasteiger partial charge in [0, 0.05) is 18.1 Å². The molecule has 2 rings (SSSR count). The van der Waals surface area contributed by atoms with Crippen LogP contribution in [0.15, 0.2) is 45.8 Å². The van der Waals surface area contributed by atoms with Crippen LogP contribution in [0.2, 0.25) is 0 Å². The molecule has 26 heavy (non-hydrogen) atoms. The van der Waals surface area contributed by atoms with Gasteiger partial charge in [-0.15, -0.1) is 0 Å². The third kappa shape index (κ3) is 4.72. The Hall–Kier alpha value is -1.71. The molecule has 0 atom stereocenters. The first-order valence-electron chi connectivity index (χ1n) is 7.49. The van der Waals surface area contributed by atoms with Gasteiger partial charge in [-0.1, -0.05) is 12.1 Å². The smallest absolute Gasteiger partial charge is 0.387 e. The van der Waals surface area contributed by atoms with Crippen molar-refractivity contribution < 1.29 is 26.7 Å². The number of methoxy groups -OCH3 is 1. The number of nitrogens with zero attached hydrogens (tertiary/aromatic N) is 1. The topological polar surface area (TPSA) is 55.8 Å². The van der Waals surface area contributed by atoms with Crippen LogP contribution in [0.3, 0.4) is 0 Å². The van der Waals surface area contributed by atoms with E-state index in [-0.39, 0.29) is 22.9 Å². The van der Waals surface area contributed by atoms with Crippen molar-refractivity contribution >= 4 is 26.0 Å². The Morgan fingerprint density at radius 3 is 2.42 bits per heavy atom. The molecule has 0 fully saturated rings. The molecule has 0 heterocycles. The second-order valence-corrected chi connectivity index (χ2v) is 8.43. The molecule has 0 spiro atoms. The van der Waals surface area contributed by atoms with Gasteiger partial charge in [-0.05, 0) is 58.2 Å².